The van der Waals surface area contributed by atoms with E-state index in [0.717, 1.165) is 4.47 Å². The summed E-state index contributed by atoms with van der Waals surface area (Å²) in [6.45, 7) is 1.21. The fraction of sp³-hybridized carbons (Fsp3) is 0.125. The van der Waals surface area contributed by atoms with Crippen molar-refractivity contribution in [2.45, 2.75) is 6.92 Å². The zero-order valence-corrected chi connectivity index (χ0v) is 13.4. The number of anilines is 2. The van der Waals surface area contributed by atoms with Crippen LogP contribution in [0.4, 0.5) is 15.8 Å². The van der Waals surface area contributed by atoms with Crippen LogP contribution >= 0.6 is 15.9 Å². The molecule has 0 fully saturated rings. The maximum Gasteiger partial charge on any atom is 0.244 e. The maximum absolute atomic E-state index is 13.0. The van der Waals surface area contributed by atoms with E-state index in [4.69, 9.17) is 0 Å². The van der Waals surface area contributed by atoms with Crippen LogP contribution in [0.5, 0.6) is 0 Å². The summed E-state index contributed by atoms with van der Waals surface area (Å²) < 4.78 is 13.8. The van der Waals surface area contributed by atoms with Gasteiger partial charge in [0.2, 0.25) is 11.8 Å². The molecule has 1 N–H and O–H groups in total. The largest absolute Gasteiger partial charge is 0.324 e. The Morgan fingerprint density at radius 3 is 2.45 bits per heavy atom. The Labute approximate surface area is 136 Å². The monoisotopic (exact) mass is 364 g/mol. The highest BCUT2D eigenvalue weighted by atomic mass is 79.9. The summed E-state index contributed by atoms with van der Waals surface area (Å²) in [6, 6.07) is 12.6. The first-order valence-electron chi connectivity index (χ1n) is 6.55. The average molecular weight is 365 g/mol. The smallest absolute Gasteiger partial charge is 0.244 e. The summed E-state index contributed by atoms with van der Waals surface area (Å²) in [5.74, 6) is -1.03. The molecule has 0 atom stereocenters. The molecule has 0 aliphatic carbocycles. The van der Waals surface area contributed by atoms with E-state index in [1.807, 2.05) is 6.07 Å². The second-order valence-corrected chi connectivity index (χ2v) is 5.56. The number of nitrogens with one attached hydrogen (secondary N) is 1. The van der Waals surface area contributed by atoms with E-state index >= 15 is 0 Å². The molecule has 2 aromatic rings. The second kappa shape index (κ2) is 7.17. The normalized spacial score (nSPS) is 10.1. The van der Waals surface area contributed by atoms with Crippen molar-refractivity contribution in [3.8, 4) is 0 Å². The van der Waals surface area contributed by atoms with Crippen LogP contribution in [0.25, 0.3) is 0 Å². The molecule has 0 saturated carbocycles. The minimum atomic E-state index is -0.397. The van der Waals surface area contributed by atoms with Crippen molar-refractivity contribution in [2.75, 3.05) is 16.8 Å². The van der Waals surface area contributed by atoms with Crippen molar-refractivity contribution in [3.05, 3.63) is 58.8 Å². The lowest BCUT2D eigenvalue weighted by Crippen LogP contribution is -2.36. The summed E-state index contributed by atoms with van der Waals surface area (Å²) in [4.78, 5) is 25.1. The van der Waals surface area contributed by atoms with Crippen LogP contribution in [0.1, 0.15) is 6.92 Å². The summed E-state index contributed by atoms with van der Waals surface area (Å²) >= 11 is 3.32. The Kier molecular flexibility index (Phi) is 5.27. The summed E-state index contributed by atoms with van der Waals surface area (Å²) in [5.41, 5.74) is 1.10. The standard InChI is InChI=1S/C16H14BrFN2O2/c1-11(21)20(15-7-5-13(18)6-8-15)10-16(22)19-14-4-2-3-12(17)9-14/h2-9H,10H2,1H3,(H,19,22). The highest BCUT2D eigenvalue weighted by molar-refractivity contribution is 9.10. The lowest BCUT2D eigenvalue weighted by atomic mass is 10.2. The molecule has 0 unspecified atom stereocenters. The van der Waals surface area contributed by atoms with Gasteiger partial charge in [-0.05, 0) is 42.5 Å². The van der Waals surface area contributed by atoms with Crippen LogP contribution in [0.2, 0.25) is 0 Å². The van der Waals surface area contributed by atoms with Gasteiger partial charge in [-0.2, -0.15) is 0 Å². The summed E-state index contributed by atoms with van der Waals surface area (Å²) in [5, 5.41) is 2.71. The van der Waals surface area contributed by atoms with Crippen molar-refractivity contribution >= 4 is 39.1 Å². The van der Waals surface area contributed by atoms with Gasteiger partial charge < -0.3 is 10.2 Å². The number of benzene rings is 2. The molecule has 0 spiro atoms. The van der Waals surface area contributed by atoms with Gasteiger partial charge in [-0.1, -0.05) is 22.0 Å². The topological polar surface area (TPSA) is 49.4 Å². The molecule has 0 aliphatic rings. The number of carbonyl (C=O) groups is 2. The first-order valence-corrected chi connectivity index (χ1v) is 7.34. The molecule has 0 bridgehead atoms. The zero-order chi connectivity index (χ0) is 16.1. The van der Waals surface area contributed by atoms with E-state index in [1.54, 1.807) is 18.2 Å². The third-order valence-electron chi connectivity index (χ3n) is 2.93. The van der Waals surface area contributed by atoms with Gasteiger partial charge >= 0.3 is 0 Å². The Bertz CT molecular complexity index is 689. The molecule has 4 nitrogen and oxygen atoms in total. The van der Waals surface area contributed by atoms with E-state index < -0.39 is 5.82 Å². The van der Waals surface area contributed by atoms with E-state index in [9.17, 15) is 14.0 Å². The molecule has 2 rings (SSSR count). The van der Waals surface area contributed by atoms with Crippen LogP contribution in [-0.4, -0.2) is 18.4 Å². The number of carbonyl (C=O) groups excluding carboxylic acids is 2. The van der Waals surface area contributed by atoms with E-state index in [-0.39, 0.29) is 18.4 Å². The first-order chi connectivity index (χ1) is 10.5. The van der Waals surface area contributed by atoms with Gasteiger partial charge in [-0.3, -0.25) is 9.59 Å². The molecule has 0 heterocycles. The minimum Gasteiger partial charge on any atom is -0.324 e. The zero-order valence-electron chi connectivity index (χ0n) is 11.8. The molecule has 2 aromatic carbocycles. The number of hydrogen-bond donors (Lipinski definition) is 1. The third-order valence-corrected chi connectivity index (χ3v) is 3.42. The quantitative estimate of drug-likeness (QED) is 0.901. The highest BCUT2D eigenvalue weighted by Gasteiger charge is 2.16. The molecule has 0 saturated heterocycles. The predicted octanol–water partition coefficient (Wildman–Crippen LogP) is 3.58. The molecule has 114 valence electrons. The molecule has 2 amide bonds. The Hall–Kier alpha value is -2.21. The van der Waals surface area contributed by atoms with Crippen molar-refractivity contribution in [1.82, 2.24) is 0 Å². The average Bonchev–Trinajstić information content (AvgIpc) is 2.45. The lowest BCUT2D eigenvalue weighted by Gasteiger charge is -2.20. The van der Waals surface area contributed by atoms with E-state index in [0.29, 0.717) is 11.4 Å². The molecule has 0 radical (unpaired) electrons. The molecule has 0 aliphatic heterocycles. The van der Waals surface area contributed by atoms with E-state index in [2.05, 4.69) is 21.2 Å². The van der Waals surface area contributed by atoms with Gasteiger partial charge in [0.25, 0.3) is 0 Å². The second-order valence-electron chi connectivity index (χ2n) is 4.64. The Balaban J connectivity index is 2.09. The van der Waals surface area contributed by atoms with Gasteiger partial charge in [0.15, 0.2) is 0 Å². The summed E-state index contributed by atoms with van der Waals surface area (Å²) in [6.07, 6.45) is 0. The molecule has 22 heavy (non-hydrogen) atoms. The SMILES string of the molecule is CC(=O)N(CC(=O)Nc1cccc(Br)c1)c1ccc(F)cc1. The number of amides is 2. The van der Waals surface area contributed by atoms with E-state index in [1.165, 1.54) is 36.1 Å². The number of nitrogens with zero attached hydrogens (tertiary/aromatic N) is 1. The Morgan fingerprint density at radius 2 is 1.86 bits per heavy atom. The van der Waals surface area contributed by atoms with Crippen LogP contribution in [0.15, 0.2) is 53.0 Å². The fourth-order valence-electron chi connectivity index (χ4n) is 1.92. The van der Waals surface area contributed by atoms with Gasteiger partial charge in [-0.15, -0.1) is 0 Å². The van der Waals surface area contributed by atoms with Crippen LogP contribution < -0.4 is 10.2 Å². The van der Waals surface area contributed by atoms with Crippen molar-refractivity contribution in [1.29, 1.82) is 0 Å². The predicted molar refractivity (Wildman–Crippen MR) is 87.2 cm³/mol. The van der Waals surface area contributed by atoms with Crippen molar-refractivity contribution in [3.63, 3.8) is 0 Å². The van der Waals surface area contributed by atoms with Crippen LogP contribution in [-0.2, 0) is 9.59 Å². The Morgan fingerprint density at radius 1 is 1.18 bits per heavy atom. The van der Waals surface area contributed by atoms with Crippen molar-refractivity contribution in [2.24, 2.45) is 0 Å². The van der Waals surface area contributed by atoms with Gasteiger partial charge in [0.05, 0.1) is 0 Å². The number of hydrogen-bond acceptors (Lipinski definition) is 2. The minimum absolute atomic E-state index is 0.145. The maximum atomic E-state index is 13.0. The van der Waals surface area contributed by atoms with Gasteiger partial charge in [0.1, 0.15) is 12.4 Å². The van der Waals surface area contributed by atoms with Gasteiger partial charge in [0, 0.05) is 22.8 Å². The highest BCUT2D eigenvalue weighted by Crippen LogP contribution is 2.17. The summed E-state index contributed by atoms with van der Waals surface area (Å²) in [7, 11) is 0. The van der Waals surface area contributed by atoms with Crippen molar-refractivity contribution < 1.29 is 14.0 Å². The molecular formula is C16H14BrFN2O2. The van der Waals surface area contributed by atoms with Crippen LogP contribution in [0.3, 0.4) is 0 Å². The molecular weight excluding hydrogens is 351 g/mol. The van der Waals surface area contributed by atoms with Gasteiger partial charge in [-0.25, -0.2) is 4.39 Å². The fourth-order valence-corrected chi connectivity index (χ4v) is 2.32. The number of rotatable bonds is 4. The van der Waals surface area contributed by atoms with Crippen LogP contribution in [0, 0.1) is 5.82 Å². The lowest BCUT2D eigenvalue weighted by molar-refractivity contribution is -0.120. The molecule has 6 heteroatoms. The third kappa shape index (κ3) is 4.39. The molecule has 0 aromatic heterocycles. The number of halogens is 2. The first kappa shape index (κ1) is 16.2.